The van der Waals surface area contributed by atoms with Crippen LogP contribution in [-0.2, 0) is 18.4 Å². The van der Waals surface area contributed by atoms with Crippen LogP contribution in [0.25, 0.3) is 0 Å². The van der Waals surface area contributed by atoms with E-state index in [0.29, 0.717) is 13.0 Å². The third-order valence-electron chi connectivity index (χ3n) is 4.17. The summed E-state index contributed by atoms with van der Waals surface area (Å²) < 4.78 is 18.5. The Labute approximate surface area is 142 Å². The van der Waals surface area contributed by atoms with Crippen LogP contribution in [0.2, 0.25) is 6.04 Å². The molecule has 2 N–H and O–H groups in total. The van der Waals surface area contributed by atoms with Gasteiger partial charge in [-0.1, -0.05) is 19.8 Å². The fraction of sp³-hybridized carbons (Fsp3) is 0.882. The van der Waals surface area contributed by atoms with Gasteiger partial charge in [0.2, 0.25) is 0 Å². The molecule has 1 heterocycles. The van der Waals surface area contributed by atoms with E-state index in [1.165, 1.54) is 18.9 Å². The zero-order valence-electron chi connectivity index (χ0n) is 15.4. The van der Waals surface area contributed by atoms with Gasteiger partial charge < -0.3 is 19.3 Å². The lowest BCUT2D eigenvalue weighted by Crippen LogP contribution is -2.65. The summed E-state index contributed by atoms with van der Waals surface area (Å²) in [4.78, 5) is 9.33. The Morgan fingerprint density at radius 1 is 1.13 bits per heavy atom. The van der Waals surface area contributed by atoms with Crippen molar-refractivity contribution in [1.29, 1.82) is 0 Å². The van der Waals surface area contributed by atoms with E-state index in [2.05, 4.69) is 27.7 Å². The topological polar surface area (TPSA) is 70.8 Å². The fourth-order valence-electron chi connectivity index (χ4n) is 3.25. The number of hydrogen-bond acceptors (Lipinski definition) is 5. The molecule has 1 atom stereocenters. The van der Waals surface area contributed by atoms with Gasteiger partial charge in [-0.15, -0.1) is 0 Å². The smallest absolute Gasteiger partial charge is 0.371 e. The van der Waals surface area contributed by atoms with E-state index in [1.54, 1.807) is 5.94 Å². The number of carbonyl (C=O) groups excluding carboxylic acids is 1. The Morgan fingerprint density at radius 2 is 1.78 bits per heavy atom. The minimum absolute atomic E-state index is 0.119. The summed E-state index contributed by atoms with van der Waals surface area (Å²) in [6.07, 6.45) is 6.59. The molecule has 0 aromatic rings. The fourth-order valence-corrected chi connectivity index (χ4v) is 7.71. The summed E-state index contributed by atoms with van der Waals surface area (Å²) >= 11 is 0. The molecule has 1 aliphatic rings. The molecule has 1 aliphatic heterocycles. The summed E-state index contributed by atoms with van der Waals surface area (Å²) in [5.74, 6) is 1.61. The molecule has 23 heavy (non-hydrogen) atoms. The molecule has 5 nitrogen and oxygen atoms in total. The molecule has 0 amide bonds. The van der Waals surface area contributed by atoms with Crippen molar-refractivity contribution >= 4 is 14.5 Å². The molecular weight excluding hydrogens is 310 g/mol. The maximum absolute atomic E-state index is 9.33. The van der Waals surface area contributed by atoms with Crippen LogP contribution in [0.3, 0.4) is 0 Å². The first kappa shape index (κ1) is 22.5. The Morgan fingerprint density at radius 3 is 2.17 bits per heavy atom. The van der Waals surface area contributed by atoms with Crippen LogP contribution < -0.4 is 5.73 Å². The van der Waals surface area contributed by atoms with Crippen molar-refractivity contribution in [3.05, 3.63) is 6.08 Å². The second-order valence-electron chi connectivity index (χ2n) is 5.51. The standard InChI is InChI=1S/C13H28O3Si.C4H7NO/c1-5-13(14-6-2)11-9-10-12-17(13,15-7-3)16-8-4;5-3-1-2-4-6/h5-12H2,1-4H3;2H,1,3,5H2. The summed E-state index contributed by atoms with van der Waals surface area (Å²) in [5, 5.41) is -0.119. The predicted octanol–water partition coefficient (Wildman–Crippen LogP) is 3.13. The second-order valence-corrected chi connectivity index (χ2v) is 9.00. The largest absolute Gasteiger partial charge is 0.393 e. The van der Waals surface area contributed by atoms with Crippen molar-refractivity contribution in [2.75, 3.05) is 26.4 Å². The summed E-state index contributed by atoms with van der Waals surface area (Å²) in [6, 6.07) is 1.09. The molecule has 1 unspecified atom stereocenters. The molecule has 0 saturated carbocycles. The van der Waals surface area contributed by atoms with Gasteiger partial charge in [0.15, 0.2) is 0 Å². The summed E-state index contributed by atoms with van der Waals surface area (Å²) in [7, 11) is -2.21. The molecule has 0 bridgehead atoms. The van der Waals surface area contributed by atoms with Gasteiger partial charge in [0.1, 0.15) is 11.2 Å². The lowest BCUT2D eigenvalue weighted by molar-refractivity contribution is -0.0426. The highest BCUT2D eigenvalue weighted by Gasteiger charge is 2.58. The van der Waals surface area contributed by atoms with Crippen LogP contribution in [0.4, 0.5) is 0 Å². The van der Waals surface area contributed by atoms with Crippen molar-refractivity contribution in [2.45, 2.75) is 71.1 Å². The van der Waals surface area contributed by atoms with Crippen molar-refractivity contribution in [3.63, 3.8) is 0 Å². The van der Waals surface area contributed by atoms with Crippen LogP contribution in [-0.4, -0.2) is 46.1 Å². The van der Waals surface area contributed by atoms with Crippen LogP contribution >= 0.6 is 0 Å². The van der Waals surface area contributed by atoms with Gasteiger partial charge >= 0.3 is 8.56 Å². The average Bonchev–Trinajstić information content (AvgIpc) is 2.56. The van der Waals surface area contributed by atoms with Crippen LogP contribution in [0.5, 0.6) is 0 Å². The maximum atomic E-state index is 9.33. The van der Waals surface area contributed by atoms with Gasteiger partial charge in [0.25, 0.3) is 0 Å². The molecule has 6 heteroatoms. The van der Waals surface area contributed by atoms with Gasteiger partial charge in [0, 0.05) is 25.9 Å². The highest BCUT2D eigenvalue weighted by molar-refractivity contribution is 6.70. The predicted molar refractivity (Wildman–Crippen MR) is 96.2 cm³/mol. The lowest BCUT2D eigenvalue weighted by Gasteiger charge is -2.49. The molecule has 0 aromatic carbocycles. The zero-order chi connectivity index (χ0) is 17.6. The van der Waals surface area contributed by atoms with Crippen LogP contribution in [0.15, 0.2) is 6.08 Å². The van der Waals surface area contributed by atoms with E-state index in [9.17, 15) is 4.79 Å². The van der Waals surface area contributed by atoms with Crippen molar-refractivity contribution in [1.82, 2.24) is 0 Å². The van der Waals surface area contributed by atoms with E-state index < -0.39 is 8.56 Å². The van der Waals surface area contributed by atoms with Gasteiger partial charge in [-0.25, -0.2) is 4.79 Å². The van der Waals surface area contributed by atoms with E-state index in [-0.39, 0.29) is 5.22 Å². The number of ether oxygens (including phenoxy) is 1. The zero-order valence-corrected chi connectivity index (χ0v) is 16.4. The van der Waals surface area contributed by atoms with Gasteiger partial charge in [-0.3, -0.25) is 0 Å². The Balaban J connectivity index is 0.000000688. The molecule has 0 aromatic heterocycles. The highest BCUT2D eigenvalue weighted by Crippen LogP contribution is 2.42. The molecule has 136 valence electrons. The lowest BCUT2D eigenvalue weighted by atomic mass is 10.1. The molecule has 1 rings (SSSR count). The first-order valence-corrected chi connectivity index (χ1v) is 11.0. The highest BCUT2D eigenvalue weighted by atomic mass is 28.4. The van der Waals surface area contributed by atoms with Crippen molar-refractivity contribution < 1.29 is 18.4 Å². The quantitative estimate of drug-likeness (QED) is 0.513. The summed E-state index contributed by atoms with van der Waals surface area (Å²) in [6.45, 7) is 11.2. The van der Waals surface area contributed by atoms with E-state index in [0.717, 1.165) is 38.7 Å². The molecule has 0 spiro atoms. The number of hydrogen-bond donors (Lipinski definition) is 1. The Kier molecular flexibility index (Phi) is 12.6. The van der Waals surface area contributed by atoms with Crippen LogP contribution in [0, 0.1) is 0 Å². The first-order chi connectivity index (χ1) is 11.1. The molecule has 0 radical (unpaired) electrons. The van der Waals surface area contributed by atoms with Gasteiger partial charge in [-0.2, -0.15) is 0 Å². The average molecular weight is 346 g/mol. The van der Waals surface area contributed by atoms with Crippen molar-refractivity contribution in [2.24, 2.45) is 5.73 Å². The number of rotatable bonds is 9. The SMILES string of the molecule is CCOC1(CC)CCCC[Si]1(OCC)OCC.NCCC=C=O. The summed E-state index contributed by atoms with van der Waals surface area (Å²) in [5.41, 5.74) is 5.00. The maximum Gasteiger partial charge on any atom is 0.371 e. The minimum Gasteiger partial charge on any atom is -0.393 e. The van der Waals surface area contributed by atoms with E-state index in [1.807, 2.05) is 0 Å². The third-order valence-corrected chi connectivity index (χ3v) is 8.83. The van der Waals surface area contributed by atoms with Crippen LogP contribution in [0.1, 0.15) is 59.8 Å². The van der Waals surface area contributed by atoms with Gasteiger partial charge in [0.05, 0.1) is 0 Å². The normalized spacial score (nSPS) is 22.7. The second kappa shape index (κ2) is 12.9. The Bertz CT molecular complexity index is 332. The van der Waals surface area contributed by atoms with E-state index >= 15 is 0 Å². The van der Waals surface area contributed by atoms with Gasteiger partial charge in [-0.05, 0) is 52.6 Å². The number of nitrogens with two attached hydrogens (primary N) is 1. The first-order valence-electron chi connectivity index (χ1n) is 8.93. The molecule has 0 aliphatic carbocycles. The third kappa shape index (κ3) is 6.49. The monoisotopic (exact) mass is 345 g/mol. The molecule has 1 saturated heterocycles. The molecular formula is C17H35NO4Si. The van der Waals surface area contributed by atoms with Crippen molar-refractivity contribution in [3.8, 4) is 0 Å². The Hall–Kier alpha value is -0.493. The minimum atomic E-state index is -2.21. The molecule has 1 fully saturated rings. The van der Waals surface area contributed by atoms with E-state index in [4.69, 9.17) is 19.3 Å².